The molecule has 8 heterocycles. The van der Waals surface area contributed by atoms with Crippen LogP contribution in [0, 0.1) is 27.7 Å². The maximum Gasteiger partial charge on any atom is 0.328 e. The molecule has 0 radical (unpaired) electrons. The second-order valence-electron chi connectivity index (χ2n) is 33.7. The van der Waals surface area contributed by atoms with Gasteiger partial charge in [-0.15, -0.1) is 20.4 Å². The van der Waals surface area contributed by atoms with E-state index in [1.165, 1.54) is 40.5 Å². The lowest BCUT2D eigenvalue weighted by molar-refractivity contribution is -0.0691. The Morgan fingerprint density at radius 1 is 0.246 bits per heavy atom. The second kappa shape index (κ2) is 30.8. The molecular formula is C94H84N20O8. The first kappa shape index (κ1) is 77.0. The summed E-state index contributed by atoms with van der Waals surface area (Å²) in [5.41, 5.74) is 16.8. The van der Waals surface area contributed by atoms with Gasteiger partial charge in [-0.05, 0) is 155 Å². The zero-order chi connectivity index (χ0) is 83.8. The normalized spacial score (nSPS) is 17.8. The van der Waals surface area contributed by atoms with Gasteiger partial charge >= 0.3 is 22.8 Å². The van der Waals surface area contributed by atoms with Gasteiger partial charge in [-0.25, -0.2) is 37.9 Å². The van der Waals surface area contributed by atoms with Crippen LogP contribution in [0.15, 0.2) is 282 Å². The molecule has 4 N–H and O–H groups in total. The molecule has 0 saturated heterocycles. The van der Waals surface area contributed by atoms with Crippen LogP contribution in [0.4, 0.5) is 0 Å². The molecule has 28 nitrogen and oxygen atoms in total. The largest absolute Gasteiger partial charge is 0.328 e. The maximum atomic E-state index is 12.7. The Morgan fingerprint density at radius 3 is 0.598 bits per heavy atom. The third kappa shape index (κ3) is 14.8. The molecule has 8 aromatic heterocycles. The van der Waals surface area contributed by atoms with E-state index in [0.29, 0.717) is 74.6 Å². The van der Waals surface area contributed by atoms with Gasteiger partial charge in [0.2, 0.25) is 0 Å². The van der Waals surface area contributed by atoms with Crippen LogP contribution in [0.25, 0.3) is 45.0 Å². The Labute approximate surface area is 695 Å². The number of aromatic amines is 4. The molecule has 4 bridgehead atoms. The van der Waals surface area contributed by atoms with Crippen molar-refractivity contribution in [1.29, 1.82) is 0 Å². The number of nitrogens with zero attached hydrogens (tertiary/aromatic N) is 16. The third-order valence-corrected chi connectivity index (χ3v) is 25.3. The Bertz CT molecular complexity index is 6300. The number of hydrogen-bond acceptors (Lipinski definition) is 16. The number of aryl methyl sites for hydroxylation is 4. The van der Waals surface area contributed by atoms with Crippen molar-refractivity contribution in [1.82, 2.24) is 98.2 Å². The number of nitrogens with one attached hydrogen (secondary N) is 4. The van der Waals surface area contributed by atoms with Gasteiger partial charge in [0.1, 0.15) is 0 Å². The fraction of sp³-hybridized carbons (Fsp3) is 0.234. The van der Waals surface area contributed by atoms with E-state index >= 15 is 0 Å². The topological polar surface area (TPSA) is 342 Å². The van der Waals surface area contributed by atoms with Gasteiger partial charge in [-0.1, -0.05) is 215 Å². The van der Waals surface area contributed by atoms with Gasteiger partial charge in [0.05, 0.1) is 99.9 Å². The molecule has 20 rings (SSSR count). The van der Waals surface area contributed by atoms with Gasteiger partial charge in [-0.3, -0.25) is 57.4 Å². The van der Waals surface area contributed by atoms with E-state index in [2.05, 4.69) is 158 Å². The third-order valence-electron chi connectivity index (χ3n) is 25.3. The number of benzene rings is 8. The first-order valence-corrected chi connectivity index (χ1v) is 40.6. The van der Waals surface area contributed by atoms with Crippen molar-refractivity contribution in [2.45, 2.75) is 140 Å². The second-order valence-corrected chi connectivity index (χ2v) is 33.7. The average molecular weight is 1620 g/mol. The van der Waals surface area contributed by atoms with Crippen LogP contribution in [0.1, 0.15) is 128 Å². The van der Waals surface area contributed by atoms with E-state index < -0.39 is 45.0 Å². The molecule has 608 valence electrons. The van der Waals surface area contributed by atoms with Crippen LogP contribution in [-0.4, -0.2) is 98.2 Å². The maximum absolute atomic E-state index is 12.7. The summed E-state index contributed by atoms with van der Waals surface area (Å²) < 4.78 is 13.7. The number of hydrogen-bond donors (Lipinski definition) is 4. The standard InChI is InChI=1S/C94H84N20O8/c1-59-41-107(87(119)99-83(59)115)45-63-5-13-67(14-6-63)49-111-79(37-95-103-111)71-21-29-75(30-22-71)91-53-92(76-31-23-72(24-32-76)80-38-96-104-112(80)50-68-15-7-64(8-16-68)46-108-42-60(2)84(116)100-88(108)120)56-93(54-91,77-33-25-73(26-34-77)81-39-97-105-113(81)51-69-17-9-65(10-18-69)47-109-43-61(3)85(117)101-89(109)121)58-94(55-91,57-92)78-35-27-74(28-36-78)82-40-98-106-114(82)52-70-19-11-66(12-20-70)48-110-44-62(4)86(118)102-90(110)122/h5-44H,45-58H2,1-4H3,(H,99,115,119)(H,100,116,120)(H,101,117,121)(H,102,118,122). The monoisotopic (exact) mass is 1620 g/mol. The van der Waals surface area contributed by atoms with Crippen molar-refractivity contribution in [3.63, 3.8) is 0 Å². The van der Waals surface area contributed by atoms with Crippen LogP contribution < -0.4 is 45.0 Å². The van der Waals surface area contributed by atoms with Gasteiger partial charge in [-0.2, -0.15) is 0 Å². The van der Waals surface area contributed by atoms with Crippen molar-refractivity contribution in [2.75, 3.05) is 0 Å². The Balaban J connectivity index is 0.674. The minimum absolute atomic E-state index is 0.299. The molecule has 0 atom stereocenters. The van der Waals surface area contributed by atoms with Gasteiger partial charge in [0, 0.05) is 69.3 Å². The summed E-state index contributed by atoms with van der Waals surface area (Å²) in [6.45, 7) is 9.70. The average Bonchev–Trinajstić information content (AvgIpc) is 0.666. The summed E-state index contributed by atoms with van der Waals surface area (Å²) >= 11 is 0. The Hall–Kier alpha value is -15.0. The van der Waals surface area contributed by atoms with Crippen molar-refractivity contribution in [2.24, 2.45) is 0 Å². The predicted octanol–water partition coefficient (Wildman–Crippen LogP) is 10.2. The highest BCUT2D eigenvalue weighted by atomic mass is 16.2. The van der Waals surface area contributed by atoms with Gasteiger partial charge < -0.3 is 0 Å². The van der Waals surface area contributed by atoms with E-state index in [9.17, 15) is 38.4 Å². The number of H-pyrrole nitrogens is 4. The highest BCUT2D eigenvalue weighted by Gasteiger charge is 2.69. The molecular weight excluding hydrogens is 1540 g/mol. The minimum Gasteiger partial charge on any atom is -0.296 e. The first-order chi connectivity index (χ1) is 59.1. The van der Waals surface area contributed by atoms with E-state index in [0.717, 1.165) is 128 Å². The number of aromatic nitrogens is 20. The highest BCUT2D eigenvalue weighted by Crippen LogP contribution is 2.75. The van der Waals surface area contributed by atoms with Crippen molar-refractivity contribution in [3.8, 4) is 45.0 Å². The molecule has 4 fully saturated rings. The molecule has 0 unspecified atom stereocenters. The smallest absolute Gasteiger partial charge is 0.296 e. The van der Waals surface area contributed by atoms with Crippen LogP contribution in [-0.2, 0) is 74.0 Å². The van der Waals surface area contributed by atoms with Crippen molar-refractivity contribution < 1.29 is 0 Å². The van der Waals surface area contributed by atoms with Gasteiger partial charge in [0.25, 0.3) is 22.2 Å². The summed E-state index contributed by atoms with van der Waals surface area (Å²) in [5.74, 6) is 0. The van der Waals surface area contributed by atoms with E-state index in [4.69, 9.17) is 0 Å². The lowest BCUT2D eigenvalue weighted by Gasteiger charge is -2.71. The van der Waals surface area contributed by atoms with Crippen molar-refractivity contribution >= 4 is 0 Å². The number of rotatable bonds is 24. The van der Waals surface area contributed by atoms with Crippen LogP contribution in [0.5, 0.6) is 0 Å². The highest BCUT2D eigenvalue weighted by molar-refractivity contribution is 5.65. The Kier molecular flexibility index (Phi) is 19.4. The lowest BCUT2D eigenvalue weighted by Crippen LogP contribution is -2.67. The van der Waals surface area contributed by atoms with E-state index in [-0.39, 0.29) is 21.7 Å². The van der Waals surface area contributed by atoms with Crippen LogP contribution in [0.3, 0.4) is 0 Å². The fourth-order valence-corrected chi connectivity index (χ4v) is 19.7. The first-order valence-electron chi connectivity index (χ1n) is 40.6. The quantitative estimate of drug-likeness (QED) is 0.0437. The molecule has 16 aromatic rings. The zero-order valence-electron chi connectivity index (χ0n) is 67.4. The van der Waals surface area contributed by atoms with E-state index in [1.54, 1.807) is 52.5 Å². The van der Waals surface area contributed by atoms with Gasteiger partial charge in [0.15, 0.2) is 0 Å². The lowest BCUT2D eigenvalue weighted by atomic mass is 9.32. The van der Waals surface area contributed by atoms with Crippen LogP contribution >= 0.6 is 0 Å². The molecule has 4 aliphatic rings. The minimum atomic E-state index is -0.464. The summed E-state index contributed by atoms with van der Waals surface area (Å²) in [7, 11) is 0. The molecule has 4 saturated carbocycles. The molecule has 0 amide bonds. The SMILES string of the molecule is Cc1cn(Cc2ccc(Cn3nncc3-c3ccc(C45CC6(c7ccc(-c8cnnn8Cc8ccc(Cn9cc(C)c(=O)[nH]c9=O)cc8)cc7)CC(c7ccc(-c8cnnn8Cc8ccc(Cn9cc(C)c(=O)[nH]c9=O)cc8)cc7)(C4)CC(c4ccc(-c7cnnn7Cc7ccc(Cn8cc(C)c(=O)[nH]c8=O)cc7)cc4)(C5)C6)cc3)cc2)c(=O)[nH]c1=O. The summed E-state index contributed by atoms with van der Waals surface area (Å²) in [6, 6.07) is 68.8. The molecule has 28 heteroatoms. The van der Waals surface area contributed by atoms with Crippen LogP contribution in [0.2, 0.25) is 0 Å². The Morgan fingerprint density at radius 2 is 0.418 bits per heavy atom. The molecule has 8 aromatic carbocycles. The van der Waals surface area contributed by atoms with Crippen molar-refractivity contribution in [3.05, 3.63) is 416 Å². The summed E-state index contributed by atoms with van der Waals surface area (Å²) in [4.78, 5) is 109. The molecule has 4 aliphatic carbocycles. The molecule has 122 heavy (non-hydrogen) atoms. The summed E-state index contributed by atoms with van der Waals surface area (Å²) in [6.07, 6.45) is 18.9. The van der Waals surface area contributed by atoms with E-state index in [1.807, 2.05) is 141 Å². The molecule has 0 aliphatic heterocycles. The predicted molar refractivity (Wildman–Crippen MR) is 459 cm³/mol. The fourth-order valence-electron chi connectivity index (χ4n) is 19.7. The summed E-state index contributed by atoms with van der Waals surface area (Å²) in [5, 5.41) is 36.4. The zero-order valence-corrected chi connectivity index (χ0v) is 67.4. The molecule has 0 spiro atoms.